The number of hydrogen-bond donors (Lipinski definition) is 0. The maximum atomic E-state index is 7.49. The molecule has 0 aliphatic rings. The second kappa shape index (κ2) is 9.24. The smallest absolute Gasteiger partial charge is 0.159 e. The molecule has 0 spiro atoms. The minimum atomic E-state index is 0.578. The number of halogens is 1. The summed E-state index contributed by atoms with van der Waals surface area (Å²) in [5, 5.41) is 5.84. The molecule has 0 N–H and O–H groups in total. The number of para-hydroxylation sites is 4. The van der Waals surface area contributed by atoms with Gasteiger partial charge in [0.2, 0.25) is 0 Å². The van der Waals surface area contributed by atoms with E-state index in [-0.39, 0.29) is 0 Å². The van der Waals surface area contributed by atoms with Crippen molar-refractivity contribution in [1.82, 2.24) is 9.55 Å². The fraction of sp³-hybridized carbons (Fsp3) is 0. The molecule has 43 heavy (non-hydrogen) atoms. The van der Waals surface area contributed by atoms with Crippen LogP contribution in [0.1, 0.15) is 0 Å². The predicted molar refractivity (Wildman–Crippen MR) is 175 cm³/mol. The first-order chi connectivity index (χ1) is 21.3. The van der Waals surface area contributed by atoms with Crippen LogP contribution in [0, 0.1) is 0 Å². The standard InChI is InChI=1S/C37H22ClN3O2/c38-35-29(16-8-17-30(35)41-28-15-4-1-10-23(28)26-14-9-21-39-37(26)41)40(32-22-42-33-19-5-3-12-27(32)33)31-18-7-13-25-24-11-2-6-20-34(24)43-36(25)31/h1-22H. The molecule has 4 aromatic heterocycles. The second-order valence-corrected chi connectivity index (χ2v) is 10.9. The number of nitrogens with zero attached hydrogens (tertiary/aromatic N) is 3. The van der Waals surface area contributed by atoms with Crippen molar-refractivity contribution in [3.05, 3.63) is 139 Å². The van der Waals surface area contributed by atoms with Crippen molar-refractivity contribution in [3.8, 4) is 5.69 Å². The average Bonchev–Trinajstić information content (AvgIpc) is 3.75. The molecule has 204 valence electrons. The molecule has 4 heterocycles. The van der Waals surface area contributed by atoms with Gasteiger partial charge >= 0.3 is 0 Å². The summed E-state index contributed by atoms with van der Waals surface area (Å²) in [6.45, 7) is 0. The number of pyridine rings is 1. The van der Waals surface area contributed by atoms with E-state index in [1.54, 1.807) is 6.26 Å². The number of furan rings is 2. The molecule has 6 heteroatoms. The van der Waals surface area contributed by atoms with Gasteiger partial charge < -0.3 is 13.7 Å². The first-order valence-electron chi connectivity index (χ1n) is 14.1. The number of anilines is 3. The lowest BCUT2D eigenvalue weighted by atomic mass is 10.1. The highest BCUT2D eigenvalue weighted by Gasteiger charge is 2.26. The van der Waals surface area contributed by atoms with E-state index in [0.717, 1.165) is 77.6 Å². The van der Waals surface area contributed by atoms with Crippen molar-refractivity contribution in [3.63, 3.8) is 0 Å². The number of fused-ring (bicyclic) bond motifs is 7. The van der Waals surface area contributed by atoms with Crippen molar-refractivity contribution in [2.75, 3.05) is 4.90 Å². The topological polar surface area (TPSA) is 47.3 Å². The number of aromatic nitrogens is 2. The van der Waals surface area contributed by atoms with Gasteiger partial charge in [-0.3, -0.25) is 4.57 Å². The Balaban J connectivity index is 1.36. The molecule has 0 fully saturated rings. The third-order valence-corrected chi connectivity index (χ3v) is 8.59. The predicted octanol–water partition coefficient (Wildman–Crippen LogP) is 10.9. The molecule has 0 aliphatic carbocycles. The monoisotopic (exact) mass is 575 g/mol. The van der Waals surface area contributed by atoms with Crippen molar-refractivity contribution in [1.29, 1.82) is 0 Å². The normalized spacial score (nSPS) is 11.8. The van der Waals surface area contributed by atoms with Gasteiger partial charge in [-0.15, -0.1) is 0 Å². The van der Waals surface area contributed by atoms with E-state index in [2.05, 4.69) is 64.1 Å². The molecule has 0 amide bonds. The van der Waals surface area contributed by atoms with E-state index in [1.165, 1.54) is 0 Å². The summed E-state index contributed by atoms with van der Waals surface area (Å²) in [6, 6.07) is 40.9. The summed E-state index contributed by atoms with van der Waals surface area (Å²) >= 11 is 7.49. The Labute approximate surface area is 250 Å². The summed E-state index contributed by atoms with van der Waals surface area (Å²) in [4.78, 5) is 6.93. The Morgan fingerprint density at radius 2 is 1.28 bits per heavy atom. The van der Waals surface area contributed by atoms with E-state index in [4.69, 9.17) is 25.4 Å². The van der Waals surface area contributed by atoms with Crippen molar-refractivity contribution < 1.29 is 8.83 Å². The van der Waals surface area contributed by atoms with Crippen LogP contribution < -0.4 is 4.90 Å². The zero-order valence-corrected chi connectivity index (χ0v) is 23.5. The number of hydrogen-bond acceptors (Lipinski definition) is 4. The Hall–Kier alpha value is -5.52. The van der Waals surface area contributed by atoms with Crippen LogP contribution in [-0.4, -0.2) is 9.55 Å². The van der Waals surface area contributed by atoms with Crippen LogP contribution in [0.15, 0.2) is 143 Å². The lowest BCUT2D eigenvalue weighted by molar-refractivity contribution is 0.616. The molecule has 0 atom stereocenters. The van der Waals surface area contributed by atoms with Crippen LogP contribution in [-0.2, 0) is 0 Å². The Morgan fingerprint density at radius 1 is 0.581 bits per heavy atom. The molecule has 5 aromatic carbocycles. The molecular formula is C37H22ClN3O2. The molecule has 0 saturated heterocycles. The second-order valence-electron chi connectivity index (χ2n) is 10.5. The van der Waals surface area contributed by atoms with E-state index in [1.807, 2.05) is 72.9 Å². The van der Waals surface area contributed by atoms with Crippen LogP contribution >= 0.6 is 11.6 Å². The highest BCUT2D eigenvalue weighted by Crippen LogP contribution is 2.48. The van der Waals surface area contributed by atoms with E-state index in [0.29, 0.717) is 5.02 Å². The lowest BCUT2D eigenvalue weighted by Crippen LogP contribution is -2.11. The van der Waals surface area contributed by atoms with Crippen molar-refractivity contribution in [2.24, 2.45) is 0 Å². The maximum absolute atomic E-state index is 7.49. The van der Waals surface area contributed by atoms with Gasteiger partial charge in [-0.1, -0.05) is 78.3 Å². The molecule has 9 rings (SSSR count). The molecule has 0 unspecified atom stereocenters. The van der Waals surface area contributed by atoms with Gasteiger partial charge in [-0.25, -0.2) is 4.98 Å². The summed E-state index contributed by atoms with van der Waals surface area (Å²) in [6.07, 6.45) is 3.61. The van der Waals surface area contributed by atoms with Crippen molar-refractivity contribution >= 4 is 83.5 Å². The molecule has 5 nitrogen and oxygen atoms in total. The lowest BCUT2D eigenvalue weighted by Gasteiger charge is -2.26. The van der Waals surface area contributed by atoms with Crippen LogP contribution in [0.4, 0.5) is 17.1 Å². The Bertz CT molecular complexity index is 2450. The van der Waals surface area contributed by atoms with E-state index >= 15 is 0 Å². The quantitative estimate of drug-likeness (QED) is 0.209. The van der Waals surface area contributed by atoms with Crippen molar-refractivity contribution in [2.45, 2.75) is 0 Å². The highest BCUT2D eigenvalue weighted by atomic mass is 35.5. The maximum Gasteiger partial charge on any atom is 0.159 e. The molecular weight excluding hydrogens is 554 g/mol. The van der Waals surface area contributed by atoms with Gasteiger partial charge in [0, 0.05) is 33.1 Å². The fourth-order valence-corrected chi connectivity index (χ4v) is 6.62. The zero-order valence-electron chi connectivity index (χ0n) is 22.7. The largest absolute Gasteiger partial charge is 0.462 e. The number of benzene rings is 5. The van der Waals surface area contributed by atoms with Gasteiger partial charge in [0.15, 0.2) is 5.58 Å². The fourth-order valence-electron chi connectivity index (χ4n) is 6.33. The van der Waals surface area contributed by atoms with Gasteiger partial charge in [-0.05, 0) is 54.6 Å². The Morgan fingerprint density at radius 3 is 2.19 bits per heavy atom. The molecule has 9 aromatic rings. The highest BCUT2D eigenvalue weighted by molar-refractivity contribution is 6.36. The van der Waals surface area contributed by atoms with Crippen LogP contribution in [0.2, 0.25) is 5.02 Å². The van der Waals surface area contributed by atoms with Gasteiger partial charge in [0.1, 0.15) is 23.1 Å². The minimum Gasteiger partial charge on any atom is -0.462 e. The van der Waals surface area contributed by atoms with Gasteiger partial charge in [0.25, 0.3) is 0 Å². The van der Waals surface area contributed by atoms with Crippen LogP contribution in [0.3, 0.4) is 0 Å². The van der Waals surface area contributed by atoms with E-state index < -0.39 is 0 Å². The summed E-state index contributed by atoms with van der Waals surface area (Å²) < 4.78 is 14.7. The molecule has 0 bridgehead atoms. The van der Waals surface area contributed by atoms with Gasteiger partial charge in [-0.2, -0.15) is 0 Å². The van der Waals surface area contributed by atoms with Crippen LogP contribution in [0.5, 0.6) is 0 Å². The van der Waals surface area contributed by atoms with Crippen LogP contribution in [0.25, 0.3) is 60.5 Å². The van der Waals surface area contributed by atoms with Gasteiger partial charge in [0.05, 0.1) is 33.3 Å². The number of rotatable bonds is 4. The zero-order chi connectivity index (χ0) is 28.5. The third kappa shape index (κ3) is 3.49. The SMILES string of the molecule is Clc1c(N(c2coc3ccccc23)c2cccc3c2oc2ccccc23)cccc1-n1c2ccccc2c2cccnc21. The third-order valence-electron chi connectivity index (χ3n) is 8.20. The summed E-state index contributed by atoms with van der Waals surface area (Å²) in [5.41, 5.74) is 7.63. The molecule has 0 radical (unpaired) electrons. The Kier molecular flexibility index (Phi) is 5.18. The minimum absolute atomic E-state index is 0.578. The summed E-state index contributed by atoms with van der Waals surface area (Å²) in [7, 11) is 0. The molecule has 0 saturated carbocycles. The summed E-state index contributed by atoms with van der Waals surface area (Å²) in [5.74, 6) is 0. The first kappa shape index (κ1) is 24.1. The average molecular weight is 576 g/mol. The molecule has 0 aliphatic heterocycles. The first-order valence-corrected chi connectivity index (χ1v) is 14.5. The van der Waals surface area contributed by atoms with E-state index in [9.17, 15) is 0 Å².